The summed E-state index contributed by atoms with van der Waals surface area (Å²) < 4.78 is 26.2. The van der Waals surface area contributed by atoms with Crippen LogP contribution >= 0.6 is 23.5 Å². The van der Waals surface area contributed by atoms with Crippen LogP contribution in [0.5, 0.6) is 0 Å². The van der Waals surface area contributed by atoms with Crippen LogP contribution in [-0.4, -0.2) is 28.6 Å². The molecule has 1 saturated heterocycles. The molecule has 0 bridgehead atoms. The first-order valence-corrected chi connectivity index (χ1v) is 7.76. The molecular weight excluding hydrogens is 260 g/mol. The van der Waals surface area contributed by atoms with E-state index in [0.717, 1.165) is 17.6 Å². The van der Waals surface area contributed by atoms with Crippen molar-refractivity contribution in [1.82, 2.24) is 0 Å². The summed E-state index contributed by atoms with van der Waals surface area (Å²) in [5.41, 5.74) is 6.60. The van der Waals surface area contributed by atoms with Gasteiger partial charge in [0.05, 0.1) is 0 Å². The monoisotopic (exact) mass is 275 g/mol. The van der Waals surface area contributed by atoms with Crippen LogP contribution in [-0.2, 0) is 6.42 Å². The highest BCUT2D eigenvalue weighted by Crippen LogP contribution is 2.27. The molecule has 1 aliphatic rings. The van der Waals surface area contributed by atoms with Gasteiger partial charge < -0.3 is 5.73 Å². The summed E-state index contributed by atoms with van der Waals surface area (Å²) in [7, 11) is 0. The van der Waals surface area contributed by atoms with Gasteiger partial charge in [-0.15, -0.1) is 0 Å². The first kappa shape index (κ1) is 13.2. The van der Waals surface area contributed by atoms with Gasteiger partial charge in [0.2, 0.25) is 0 Å². The van der Waals surface area contributed by atoms with Gasteiger partial charge in [-0.2, -0.15) is 23.5 Å². The van der Waals surface area contributed by atoms with Crippen LogP contribution in [0.15, 0.2) is 18.2 Å². The molecule has 0 radical (unpaired) electrons. The lowest BCUT2D eigenvalue weighted by Gasteiger charge is -2.26. The summed E-state index contributed by atoms with van der Waals surface area (Å²) in [5.74, 6) is 2.26. The maximum Gasteiger partial charge on any atom is 0.129 e. The third-order valence-corrected chi connectivity index (χ3v) is 5.73. The summed E-state index contributed by atoms with van der Waals surface area (Å²) >= 11 is 3.75. The molecule has 1 aromatic carbocycles. The molecule has 94 valence electrons. The third kappa shape index (κ3) is 3.60. The zero-order chi connectivity index (χ0) is 12.3. The number of hydrogen-bond acceptors (Lipinski definition) is 3. The highest BCUT2D eigenvalue weighted by molar-refractivity contribution is 8.06. The molecule has 2 rings (SSSR count). The van der Waals surface area contributed by atoms with E-state index in [0.29, 0.717) is 17.2 Å². The maximum atomic E-state index is 13.5. The lowest BCUT2D eigenvalue weighted by atomic mass is 10.0. The number of halogens is 2. The van der Waals surface area contributed by atoms with Crippen molar-refractivity contribution in [2.45, 2.75) is 17.7 Å². The molecule has 1 heterocycles. The van der Waals surface area contributed by atoms with Crippen LogP contribution in [0.4, 0.5) is 8.78 Å². The minimum absolute atomic E-state index is 0.0623. The van der Waals surface area contributed by atoms with Gasteiger partial charge in [-0.25, -0.2) is 8.78 Å². The normalized spacial score (nSPS) is 22.4. The molecule has 0 saturated carbocycles. The quantitative estimate of drug-likeness (QED) is 0.918. The van der Waals surface area contributed by atoms with Gasteiger partial charge in [0.1, 0.15) is 11.6 Å². The van der Waals surface area contributed by atoms with Crippen molar-refractivity contribution in [3.8, 4) is 0 Å². The molecule has 0 aromatic heterocycles. The average Bonchev–Trinajstić information content (AvgIpc) is 2.34. The molecule has 1 aliphatic heterocycles. The van der Waals surface area contributed by atoms with E-state index in [1.165, 1.54) is 17.9 Å². The molecule has 2 atom stereocenters. The fraction of sp³-hybridized carbons (Fsp3) is 0.500. The molecular formula is C12H15F2NS2. The second-order valence-corrected chi connectivity index (χ2v) is 6.58. The Bertz CT molecular complexity index is 381. The van der Waals surface area contributed by atoms with Crippen molar-refractivity contribution >= 4 is 23.5 Å². The van der Waals surface area contributed by atoms with Crippen LogP contribution in [0.1, 0.15) is 5.56 Å². The van der Waals surface area contributed by atoms with E-state index in [-0.39, 0.29) is 6.04 Å². The maximum absolute atomic E-state index is 13.5. The van der Waals surface area contributed by atoms with Crippen LogP contribution in [0, 0.1) is 11.6 Å². The molecule has 0 aliphatic carbocycles. The number of rotatable bonds is 3. The Kier molecular flexibility index (Phi) is 4.70. The Hall–Kier alpha value is -0.260. The van der Waals surface area contributed by atoms with Crippen molar-refractivity contribution in [3.63, 3.8) is 0 Å². The van der Waals surface area contributed by atoms with Gasteiger partial charge in [0.25, 0.3) is 0 Å². The molecule has 1 aromatic rings. The van der Waals surface area contributed by atoms with E-state index < -0.39 is 11.6 Å². The molecule has 5 heteroatoms. The standard InChI is InChI=1S/C12H15F2NS2/c13-9-2-1-8(10(14)6-9)5-11(15)12-7-16-3-4-17-12/h1-2,6,11-12H,3-5,7,15H2. The summed E-state index contributed by atoms with van der Waals surface area (Å²) in [6, 6.07) is 3.64. The number of thioether (sulfide) groups is 2. The molecule has 1 fully saturated rings. The smallest absolute Gasteiger partial charge is 0.129 e. The highest BCUT2D eigenvalue weighted by atomic mass is 32.2. The number of hydrogen-bond donors (Lipinski definition) is 1. The first-order valence-electron chi connectivity index (χ1n) is 5.55. The van der Waals surface area contributed by atoms with Crippen molar-refractivity contribution < 1.29 is 8.78 Å². The molecule has 0 amide bonds. The van der Waals surface area contributed by atoms with E-state index in [1.807, 2.05) is 23.5 Å². The summed E-state index contributed by atoms with van der Waals surface area (Å²) in [4.78, 5) is 0. The van der Waals surface area contributed by atoms with Crippen molar-refractivity contribution in [1.29, 1.82) is 0 Å². The Labute approximate surface area is 109 Å². The third-order valence-electron chi connectivity index (χ3n) is 2.79. The van der Waals surface area contributed by atoms with E-state index in [2.05, 4.69) is 0 Å². The fourth-order valence-electron chi connectivity index (χ4n) is 1.83. The second kappa shape index (κ2) is 6.07. The van der Waals surface area contributed by atoms with Gasteiger partial charge in [-0.1, -0.05) is 6.07 Å². The van der Waals surface area contributed by atoms with Crippen molar-refractivity contribution in [3.05, 3.63) is 35.4 Å². The van der Waals surface area contributed by atoms with E-state index >= 15 is 0 Å². The van der Waals surface area contributed by atoms with E-state index in [9.17, 15) is 8.78 Å². The predicted octanol–water partition coefficient (Wildman–Crippen LogP) is 2.68. The van der Waals surface area contributed by atoms with Crippen molar-refractivity contribution in [2.75, 3.05) is 17.3 Å². The molecule has 2 unspecified atom stereocenters. The van der Waals surface area contributed by atoms with Crippen LogP contribution in [0.3, 0.4) is 0 Å². The van der Waals surface area contributed by atoms with Gasteiger partial charge in [-0.05, 0) is 18.1 Å². The zero-order valence-corrected chi connectivity index (χ0v) is 11.0. The van der Waals surface area contributed by atoms with Crippen LogP contribution in [0.25, 0.3) is 0 Å². The lowest BCUT2D eigenvalue weighted by Crippen LogP contribution is -2.38. The zero-order valence-electron chi connectivity index (χ0n) is 9.36. The Morgan fingerprint density at radius 2 is 2.18 bits per heavy atom. The Morgan fingerprint density at radius 3 is 2.82 bits per heavy atom. The van der Waals surface area contributed by atoms with Gasteiger partial charge in [-0.3, -0.25) is 0 Å². The van der Waals surface area contributed by atoms with Crippen molar-refractivity contribution in [2.24, 2.45) is 5.73 Å². The second-order valence-electron chi connectivity index (χ2n) is 4.09. The molecule has 17 heavy (non-hydrogen) atoms. The summed E-state index contributed by atoms with van der Waals surface area (Å²) in [5, 5.41) is 0.373. The Morgan fingerprint density at radius 1 is 1.35 bits per heavy atom. The largest absolute Gasteiger partial charge is 0.326 e. The number of benzene rings is 1. The predicted molar refractivity (Wildman–Crippen MR) is 71.6 cm³/mol. The topological polar surface area (TPSA) is 26.0 Å². The number of nitrogens with two attached hydrogens (primary N) is 1. The molecule has 2 N–H and O–H groups in total. The van der Waals surface area contributed by atoms with Gasteiger partial charge >= 0.3 is 0 Å². The average molecular weight is 275 g/mol. The van der Waals surface area contributed by atoms with Crippen LogP contribution < -0.4 is 5.73 Å². The fourth-order valence-corrected chi connectivity index (χ4v) is 4.65. The molecule has 0 spiro atoms. The Balaban J connectivity index is 1.99. The van der Waals surface area contributed by atoms with Gasteiger partial charge in [0.15, 0.2) is 0 Å². The first-order chi connectivity index (χ1) is 8.16. The minimum Gasteiger partial charge on any atom is -0.326 e. The van der Waals surface area contributed by atoms with E-state index in [1.54, 1.807) is 0 Å². The molecule has 1 nitrogen and oxygen atoms in total. The lowest BCUT2D eigenvalue weighted by molar-refractivity contribution is 0.558. The van der Waals surface area contributed by atoms with E-state index in [4.69, 9.17) is 5.73 Å². The SMILES string of the molecule is NC(Cc1ccc(F)cc1F)C1CSCCS1. The summed E-state index contributed by atoms with van der Waals surface area (Å²) in [6.07, 6.45) is 0.477. The van der Waals surface area contributed by atoms with Gasteiger partial charge in [0, 0.05) is 34.6 Å². The minimum atomic E-state index is -0.539. The highest BCUT2D eigenvalue weighted by Gasteiger charge is 2.22. The van der Waals surface area contributed by atoms with Crippen LogP contribution in [0.2, 0.25) is 0 Å². The summed E-state index contributed by atoms with van der Waals surface area (Å²) in [6.45, 7) is 0.